The number of rotatable bonds is 4. The van der Waals surface area contributed by atoms with Gasteiger partial charge in [0.2, 0.25) is 0 Å². The van der Waals surface area contributed by atoms with Crippen LogP contribution in [0.1, 0.15) is 11.1 Å². The normalized spacial score (nSPS) is 10.5. The molecule has 0 saturated heterocycles. The monoisotopic (exact) mass is 262 g/mol. The molecule has 0 fully saturated rings. The standard InChI is InChI=1S/C15H16F2N2/c1-19(14-6-4-13(16)5-7-14)10-12-3-2-11(9-18)8-15(12)17/h2-8H,9-10,18H2,1H3. The molecular formula is C15H16F2N2. The van der Waals surface area contributed by atoms with Crippen molar-refractivity contribution >= 4 is 5.69 Å². The first-order chi connectivity index (χ1) is 9.10. The summed E-state index contributed by atoms with van der Waals surface area (Å²) in [6.45, 7) is 0.743. The van der Waals surface area contributed by atoms with Gasteiger partial charge in [-0.3, -0.25) is 0 Å². The third-order valence-electron chi connectivity index (χ3n) is 3.03. The van der Waals surface area contributed by atoms with Crippen LogP contribution in [0, 0.1) is 11.6 Å². The predicted octanol–water partition coefficient (Wildman–Crippen LogP) is 3.06. The van der Waals surface area contributed by atoms with Crippen molar-refractivity contribution in [3.8, 4) is 0 Å². The summed E-state index contributed by atoms with van der Waals surface area (Å²) in [5, 5.41) is 0. The molecule has 2 rings (SSSR count). The van der Waals surface area contributed by atoms with E-state index in [0.29, 0.717) is 18.7 Å². The van der Waals surface area contributed by atoms with Crippen molar-refractivity contribution in [1.82, 2.24) is 0 Å². The van der Waals surface area contributed by atoms with E-state index in [-0.39, 0.29) is 11.6 Å². The summed E-state index contributed by atoms with van der Waals surface area (Å²) in [5.41, 5.74) is 7.66. The van der Waals surface area contributed by atoms with Crippen molar-refractivity contribution in [3.05, 3.63) is 65.2 Å². The molecule has 0 saturated carbocycles. The van der Waals surface area contributed by atoms with Crippen molar-refractivity contribution in [3.63, 3.8) is 0 Å². The van der Waals surface area contributed by atoms with E-state index < -0.39 is 0 Å². The van der Waals surface area contributed by atoms with Crippen LogP contribution >= 0.6 is 0 Å². The molecule has 0 amide bonds. The lowest BCUT2D eigenvalue weighted by atomic mass is 10.1. The zero-order chi connectivity index (χ0) is 13.8. The largest absolute Gasteiger partial charge is 0.370 e. The summed E-state index contributed by atoms with van der Waals surface area (Å²) in [7, 11) is 1.84. The molecule has 0 unspecified atom stereocenters. The van der Waals surface area contributed by atoms with Gasteiger partial charge in [0.05, 0.1) is 0 Å². The molecule has 2 aromatic rings. The first kappa shape index (κ1) is 13.5. The van der Waals surface area contributed by atoms with Crippen LogP contribution < -0.4 is 10.6 Å². The lowest BCUT2D eigenvalue weighted by Gasteiger charge is -2.20. The van der Waals surface area contributed by atoms with E-state index in [2.05, 4.69) is 0 Å². The van der Waals surface area contributed by atoms with Crippen LogP contribution in [0.25, 0.3) is 0 Å². The molecule has 0 radical (unpaired) electrons. The molecule has 0 aliphatic rings. The van der Waals surface area contributed by atoms with Crippen LogP contribution in [0.2, 0.25) is 0 Å². The van der Waals surface area contributed by atoms with E-state index >= 15 is 0 Å². The Kier molecular flexibility index (Phi) is 4.12. The molecule has 2 N–H and O–H groups in total. The Labute approximate surface area is 111 Å². The number of benzene rings is 2. The van der Waals surface area contributed by atoms with Gasteiger partial charge in [0, 0.05) is 31.4 Å². The summed E-state index contributed by atoms with van der Waals surface area (Å²) < 4.78 is 26.7. The molecule has 2 aromatic carbocycles. The molecule has 4 heteroatoms. The van der Waals surface area contributed by atoms with E-state index in [1.54, 1.807) is 18.2 Å². The summed E-state index contributed by atoms with van der Waals surface area (Å²) >= 11 is 0. The predicted molar refractivity (Wildman–Crippen MR) is 72.8 cm³/mol. The first-order valence-electron chi connectivity index (χ1n) is 6.04. The third kappa shape index (κ3) is 3.29. The Morgan fingerprint density at radius 1 is 1.05 bits per heavy atom. The third-order valence-corrected chi connectivity index (χ3v) is 3.03. The zero-order valence-corrected chi connectivity index (χ0v) is 10.7. The van der Waals surface area contributed by atoms with Gasteiger partial charge < -0.3 is 10.6 Å². The topological polar surface area (TPSA) is 29.3 Å². The van der Waals surface area contributed by atoms with E-state index in [9.17, 15) is 8.78 Å². The van der Waals surface area contributed by atoms with Crippen LogP contribution in [0.3, 0.4) is 0 Å². The number of nitrogens with zero attached hydrogens (tertiary/aromatic N) is 1. The van der Waals surface area contributed by atoms with Crippen molar-refractivity contribution in [2.24, 2.45) is 5.73 Å². The van der Waals surface area contributed by atoms with Crippen LogP contribution in [0.5, 0.6) is 0 Å². The van der Waals surface area contributed by atoms with Crippen molar-refractivity contribution in [2.75, 3.05) is 11.9 Å². The average Bonchev–Trinajstić information content (AvgIpc) is 2.41. The van der Waals surface area contributed by atoms with E-state index in [0.717, 1.165) is 11.3 Å². The Balaban J connectivity index is 2.14. The van der Waals surface area contributed by atoms with E-state index in [1.165, 1.54) is 18.2 Å². The molecular weight excluding hydrogens is 246 g/mol. The molecule has 2 nitrogen and oxygen atoms in total. The van der Waals surface area contributed by atoms with Gasteiger partial charge in [0.25, 0.3) is 0 Å². The molecule has 0 atom stereocenters. The lowest BCUT2D eigenvalue weighted by Crippen LogP contribution is -2.17. The maximum absolute atomic E-state index is 13.8. The maximum Gasteiger partial charge on any atom is 0.128 e. The van der Waals surface area contributed by atoms with Gasteiger partial charge in [0.1, 0.15) is 11.6 Å². The fourth-order valence-corrected chi connectivity index (χ4v) is 1.89. The second-order valence-electron chi connectivity index (χ2n) is 4.46. The molecule has 19 heavy (non-hydrogen) atoms. The molecule has 0 heterocycles. The number of nitrogens with two attached hydrogens (primary N) is 1. The van der Waals surface area contributed by atoms with Gasteiger partial charge in [-0.2, -0.15) is 0 Å². The van der Waals surface area contributed by atoms with Crippen LogP contribution in [-0.4, -0.2) is 7.05 Å². The molecule has 0 aliphatic heterocycles. The van der Waals surface area contributed by atoms with Gasteiger partial charge >= 0.3 is 0 Å². The summed E-state index contributed by atoms with van der Waals surface area (Å²) in [6.07, 6.45) is 0. The minimum Gasteiger partial charge on any atom is -0.370 e. The van der Waals surface area contributed by atoms with Crippen LogP contribution in [0.4, 0.5) is 14.5 Å². The highest BCUT2D eigenvalue weighted by molar-refractivity contribution is 5.46. The smallest absolute Gasteiger partial charge is 0.128 e. The van der Waals surface area contributed by atoms with E-state index in [1.807, 2.05) is 18.0 Å². The zero-order valence-electron chi connectivity index (χ0n) is 10.7. The summed E-state index contributed by atoms with van der Waals surface area (Å²) in [4.78, 5) is 1.86. The molecule has 0 bridgehead atoms. The Hall–Kier alpha value is -1.94. The molecule has 0 aromatic heterocycles. The van der Waals surface area contributed by atoms with Gasteiger partial charge in [-0.25, -0.2) is 8.78 Å². The Morgan fingerprint density at radius 2 is 1.74 bits per heavy atom. The quantitative estimate of drug-likeness (QED) is 0.917. The first-order valence-corrected chi connectivity index (χ1v) is 6.04. The van der Waals surface area contributed by atoms with Crippen LogP contribution in [0.15, 0.2) is 42.5 Å². The molecule has 0 spiro atoms. The Morgan fingerprint density at radius 3 is 2.32 bits per heavy atom. The van der Waals surface area contributed by atoms with Gasteiger partial charge in [-0.15, -0.1) is 0 Å². The van der Waals surface area contributed by atoms with Gasteiger partial charge in [0.15, 0.2) is 0 Å². The van der Waals surface area contributed by atoms with E-state index in [4.69, 9.17) is 5.73 Å². The maximum atomic E-state index is 13.8. The minimum atomic E-state index is -0.282. The molecule has 0 aliphatic carbocycles. The second-order valence-corrected chi connectivity index (χ2v) is 4.46. The van der Waals surface area contributed by atoms with Crippen molar-refractivity contribution < 1.29 is 8.78 Å². The van der Waals surface area contributed by atoms with Crippen LogP contribution in [-0.2, 0) is 13.1 Å². The van der Waals surface area contributed by atoms with Crippen molar-refractivity contribution in [2.45, 2.75) is 13.1 Å². The number of anilines is 1. The lowest BCUT2D eigenvalue weighted by molar-refractivity contribution is 0.605. The van der Waals surface area contributed by atoms with Gasteiger partial charge in [-0.05, 0) is 35.9 Å². The minimum absolute atomic E-state index is 0.267. The number of hydrogen-bond donors (Lipinski definition) is 1. The van der Waals surface area contributed by atoms with Gasteiger partial charge in [-0.1, -0.05) is 12.1 Å². The highest BCUT2D eigenvalue weighted by Crippen LogP contribution is 2.18. The highest BCUT2D eigenvalue weighted by atomic mass is 19.1. The fourth-order valence-electron chi connectivity index (χ4n) is 1.89. The number of halogens is 2. The van der Waals surface area contributed by atoms with Crippen molar-refractivity contribution in [1.29, 1.82) is 0 Å². The fraction of sp³-hybridized carbons (Fsp3) is 0.200. The SMILES string of the molecule is CN(Cc1ccc(CN)cc1F)c1ccc(F)cc1. The second kappa shape index (κ2) is 5.80. The summed E-state index contributed by atoms with van der Waals surface area (Å²) in [5.74, 6) is -0.549. The number of hydrogen-bond acceptors (Lipinski definition) is 2. The Bertz CT molecular complexity index is 553. The highest BCUT2D eigenvalue weighted by Gasteiger charge is 2.07. The summed E-state index contributed by atoms with van der Waals surface area (Å²) in [6, 6.07) is 11.1. The molecule has 100 valence electrons. The average molecular weight is 262 g/mol.